The maximum Gasteiger partial charge on any atom is 0.0436 e. The predicted molar refractivity (Wildman–Crippen MR) is 48.2 cm³/mol. The third kappa shape index (κ3) is 1.88. The molecule has 12 heavy (non-hydrogen) atoms. The van der Waals surface area contributed by atoms with Gasteiger partial charge in [-0.2, -0.15) is 0 Å². The van der Waals surface area contributed by atoms with Crippen LogP contribution in [0.2, 0.25) is 0 Å². The molecule has 3 heteroatoms. The van der Waals surface area contributed by atoms with E-state index in [1.54, 1.807) is 0 Å². The van der Waals surface area contributed by atoms with Crippen LogP contribution in [0.15, 0.2) is 0 Å². The third-order valence-corrected chi connectivity index (χ3v) is 3.80. The molecule has 0 N–H and O–H groups in total. The van der Waals surface area contributed by atoms with Crippen LogP contribution >= 0.6 is 0 Å². The lowest BCUT2D eigenvalue weighted by atomic mass is 9.86. The Labute approximate surface area is 76.0 Å². The molecular weight excluding hydrogens is 172 g/mol. The Bertz CT molecular complexity index is 211. The molecule has 0 aliphatic heterocycles. The predicted octanol–water partition coefficient (Wildman–Crippen LogP) is 1.59. The fraction of sp³-hybridized carbons (Fsp3) is 0.778. The van der Waals surface area contributed by atoms with E-state index < -0.39 is 15.8 Å². The van der Waals surface area contributed by atoms with Crippen molar-refractivity contribution in [2.45, 2.75) is 43.3 Å². The van der Waals surface area contributed by atoms with Crippen molar-refractivity contribution in [3.63, 3.8) is 0 Å². The van der Waals surface area contributed by atoms with Crippen molar-refractivity contribution in [3.8, 4) is 12.3 Å². The Morgan fingerprint density at radius 1 is 1.42 bits per heavy atom. The zero-order chi connectivity index (χ0) is 9.03. The normalized spacial score (nSPS) is 24.3. The lowest BCUT2D eigenvalue weighted by Gasteiger charge is -2.37. The van der Waals surface area contributed by atoms with Gasteiger partial charge in [0.2, 0.25) is 0 Å². The first-order valence-corrected chi connectivity index (χ1v) is 5.32. The molecule has 0 aromatic rings. The number of rotatable bonds is 2. The molecule has 0 amide bonds. The van der Waals surface area contributed by atoms with E-state index in [0.29, 0.717) is 6.42 Å². The second-order valence-corrected chi connectivity index (χ2v) is 4.69. The molecule has 1 rings (SSSR count). The average molecular weight is 185 g/mol. The van der Waals surface area contributed by atoms with E-state index in [1.807, 2.05) is 0 Å². The average Bonchev–Trinajstić information content (AvgIpc) is 2.06. The van der Waals surface area contributed by atoms with Gasteiger partial charge >= 0.3 is 0 Å². The zero-order valence-electron chi connectivity index (χ0n) is 7.04. The minimum Gasteiger partial charge on any atom is -0.772 e. The first kappa shape index (κ1) is 9.76. The number of hydrogen-bond acceptors (Lipinski definition) is 2. The van der Waals surface area contributed by atoms with Gasteiger partial charge in [0.25, 0.3) is 0 Å². The molecule has 2 nitrogen and oxygen atoms in total. The molecule has 1 fully saturated rings. The highest BCUT2D eigenvalue weighted by atomic mass is 32.2. The Morgan fingerprint density at radius 3 is 2.42 bits per heavy atom. The highest BCUT2D eigenvalue weighted by molar-refractivity contribution is 7.80. The second kappa shape index (κ2) is 4.06. The highest BCUT2D eigenvalue weighted by Gasteiger charge is 2.32. The molecular formula is C9H13O2S-. The first-order valence-electron chi connectivity index (χ1n) is 4.24. The van der Waals surface area contributed by atoms with Crippen LogP contribution in [0.1, 0.15) is 38.5 Å². The summed E-state index contributed by atoms with van der Waals surface area (Å²) in [6.45, 7) is 0. The summed E-state index contributed by atoms with van der Waals surface area (Å²) in [6, 6.07) is 0. The van der Waals surface area contributed by atoms with Gasteiger partial charge in [0, 0.05) is 11.2 Å². The Balaban J connectivity index is 2.71. The maximum absolute atomic E-state index is 11.0. The smallest absolute Gasteiger partial charge is 0.0436 e. The lowest BCUT2D eigenvalue weighted by Crippen LogP contribution is -2.36. The SMILES string of the molecule is C#CCC1(S(=O)[O-])CCCCC1. The van der Waals surface area contributed by atoms with Crippen molar-refractivity contribution in [3.05, 3.63) is 0 Å². The van der Waals surface area contributed by atoms with Crippen LogP contribution in [0.5, 0.6) is 0 Å². The third-order valence-electron chi connectivity index (χ3n) is 2.54. The molecule has 1 aliphatic rings. The van der Waals surface area contributed by atoms with Crippen molar-refractivity contribution < 1.29 is 8.76 Å². The van der Waals surface area contributed by atoms with Gasteiger partial charge in [-0.1, -0.05) is 19.3 Å². The summed E-state index contributed by atoms with van der Waals surface area (Å²) in [7, 11) is 0. The van der Waals surface area contributed by atoms with Gasteiger partial charge in [0.1, 0.15) is 0 Å². The van der Waals surface area contributed by atoms with Gasteiger partial charge in [-0.05, 0) is 23.9 Å². The summed E-state index contributed by atoms with van der Waals surface area (Å²) in [5.41, 5.74) is 0. The fourth-order valence-electron chi connectivity index (χ4n) is 1.78. The lowest BCUT2D eigenvalue weighted by molar-refractivity contribution is 0.365. The van der Waals surface area contributed by atoms with Crippen molar-refractivity contribution in [2.75, 3.05) is 0 Å². The van der Waals surface area contributed by atoms with Crippen LogP contribution in [-0.4, -0.2) is 13.5 Å². The Kier molecular flexibility index (Phi) is 3.30. The Morgan fingerprint density at radius 2 is 2.00 bits per heavy atom. The standard InChI is InChI=1S/C9H14O2S/c1-2-6-9(12(10)11)7-4-3-5-8-9/h1H,3-8H2,(H,10,11)/p-1. The molecule has 0 heterocycles. The summed E-state index contributed by atoms with van der Waals surface area (Å²) >= 11 is -2.00. The van der Waals surface area contributed by atoms with Crippen LogP contribution in [-0.2, 0) is 11.1 Å². The molecule has 0 aromatic carbocycles. The first-order chi connectivity index (χ1) is 5.71. The Hall–Kier alpha value is -0.330. The summed E-state index contributed by atoms with van der Waals surface area (Å²) in [4.78, 5) is 0. The zero-order valence-corrected chi connectivity index (χ0v) is 7.86. The van der Waals surface area contributed by atoms with Gasteiger partial charge in [-0.15, -0.1) is 12.3 Å². The largest absolute Gasteiger partial charge is 0.772 e. The molecule has 0 bridgehead atoms. The maximum atomic E-state index is 11.0. The number of terminal acetylenes is 1. The molecule has 1 saturated carbocycles. The quantitative estimate of drug-likeness (QED) is 0.484. The van der Waals surface area contributed by atoms with Gasteiger partial charge < -0.3 is 4.55 Å². The fourth-order valence-corrected chi connectivity index (χ4v) is 2.61. The van der Waals surface area contributed by atoms with Crippen molar-refractivity contribution in [1.29, 1.82) is 0 Å². The van der Waals surface area contributed by atoms with Crippen LogP contribution in [0, 0.1) is 12.3 Å². The summed E-state index contributed by atoms with van der Waals surface area (Å²) in [5.74, 6) is 2.47. The minimum absolute atomic E-state index is 0.378. The van der Waals surface area contributed by atoms with Crippen LogP contribution < -0.4 is 0 Å². The van der Waals surface area contributed by atoms with Crippen LogP contribution in [0.3, 0.4) is 0 Å². The van der Waals surface area contributed by atoms with E-state index >= 15 is 0 Å². The molecule has 1 atom stereocenters. The van der Waals surface area contributed by atoms with Crippen molar-refractivity contribution >= 4 is 11.1 Å². The number of hydrogen-bond donors (Lipinski definition) is 0. The van der Waals surface area contributed by atoms with Crippen LogP contribution in [0.25, 0.3) is 0 Å². The summed E-state index contributed by atoms with van der Waals surface area (Å²) in [6.07, 6.45) is 10.2. The molecule has 0 saturated heterocycles. The van der Waals surface area contributed by atoms with E-state index in [4.69, 9.17) is 6.42 Å². The monoisotopic (exact) mass is 185 g/mol. The van der Waals surface area contributed by atoms with E-state index in [-0.39, 0.29) is 0 Å². The molecule has 0 aromatic heterocycles. The molecule has 1 aliphatic carbocycles. The highest BCUT2D eigenvalue weighted by Crippen LogP contribution is 2.35. The van der Waals surface area contributed by atoms with E-state index in [0.717, 1.165) is 32.1 Å². The summed E-state index contributed by atoms with van der Waals surface area (Å²) < 4.78 is 21.4. The van der Waals surface area contributed by atoms with Crippen LogP contribution in [0.4, 0.5) is 0 Å². The molecule has 0 spiro atoms. The van der Waals surface area contributed by atoms with Gasteiger partial charge in [0.15, 0.2) is 0 Å². The minimum atomic E-state index is -2.00. The van der Waals surface area contributed by atoms with Gasteiger partial charge in [-0.25, -0.2) is 0 Å². The van der Waals surface area contributed by atoms with E-state index in [2.05, 4.69) is 5.92 Å². The molecule has 1 unspecified atom stereocenters. The van der Waals surface area contributed by atoms with E-state index in [1.165, 1.54) is 0 Å². The van der Waals surface area contributed by atoms with E-state index in [9.17, 15) is 8.76 Å². The summed E-state index contributed by atoms with van der Waals surface area (Å²) in [5, 5.41) is 0. The van der Waals surface area contributed by atoms with Gasteiger partial charge in [0.05, 0.1) is 0 Å². The topological polar surface area (TPSA) is 40.1 Å². The second-order valence-electron chi connectivity index (χ2n) is 3.36. The molecule has 68 valence electrons. The van der Waals surface area contributed by atoms with Crippen molar-refractivity contribution in [2.24, 2.45) is 0 Å². The van der Waals surface area contributed by atoms with Crippen molar-refractivity contribution in [1.82, 2.24) is 0 Å². The molecule has 0 radical (unpaired) electrons. The van der Waals surface area contributed by atoms with Gasteiger partial charge in [-0.3, -0.25) is 4.21 Å².